The average Bonchev–Trinajstić information content (AvgIpc) is 2.70. The minimum Gasteiger partial charge on any atom is -0.420 e. The van der Waals surface area contributed by atoms with Crippen LogP contribution < -0.4 is 0 Å². The van der Waals surface area contributed by atoms with E-state index in [1.54, 1.807) is 12.1 Å². The smallest absolute Gasteiger partial charge is 0.247 e. The van der Waals surface area contributed by atoms with Crippen molar-refractivity contribution in [3.63, 3.8) is 0 Å². The standard InChI is InChI=1S/C12H12BrFN2O/c1-12(2,3)11-16-15-10(17-11)7-4-5-8(13)9(14)6-7/h4-6H,1-3H3. The molecule has 0 radical (unpaired) electrons. The third-order valence-corrected chi connectivity index (χ3v) is 2.88. The summed E-state index contributed by atoms with van der Waals surface area (Å²) in [6, 6.07) is 4.71. The van der Waals surface area contributed by atoms with E-state index in [1.807, 2.05) is 20.8 Å². The highest BCUT2D eigenvalue weighted by atomic mass is 79.9. The molecule has 0 amide bonds. The highest BCUT2D eigenvalue weighted by Gasteiger charge is 2.22. The molecule has 0 atom stereocenters. The number of rotatable bonds is 1. The molecule has 2 rings (SSSR count). The predicted octanol–water partition coefficient (Wildman–Crippen LogP) is 3.94. The van der Waals surface area contributed by atoms with E-state index >= 15 is 0 Å². The van der Waals surface area contributed by atoms with E-state index in [9.17, 15) is 4.39 Å². The zero-order chi connectivity index (χ0) is 12.6. The Morgan fingerprint density at radius 1 is 1.24 bits per heavy atom. The molecule has 2 aromatic rings. The van der Waals surface area contributed by atoms with E-state index in [4.69, 9.17) is 4.42 Å². The first-order chi connectivity index (χ1) is 7.88. The van der Waals surface area contributed by atoms with Crippen molar-refractivity contribution in [1.29, 1.82) is 0 Å². The Balaban J connectivity index is 2.40. The molecule has 0 bridgehead atoms. The van der Waals surface area contributed by atoms with Crippen LogP contribution in [0, 0.1) is 5.82 Å². The quantitative estimate of drug-likeness (QED) is 0.800. The van der Waals surface area contributed by atoms with Gasteiger partial charge in [0.2, 0.25) is 11.8 Å². The fraction of sp³-hybridized carbons (Fsp3) is 0.333. The SMILES string of the molecule is CC(C)(C)c1nnc(-c2ccc(Br)c(F)c2)o1. The first kappa shape index (κ1) is 12.2. The summed E-state index contributed by atoms with van der Waals surface area (Å²) >= 11 is 3.10. The lowest BCUT2D eigenvalue weighted by Gasteiger charge is -2.10. The molecule has 0 N–H and O–H groups in total. The summed E-state index contributed by atoms with van der Waals surface area (Å²) in [4.78, 5) is 0. The number of halogens is 2. The molecule has 0 fully saturated rings. The van der Waals surface area contributed by atoms with Crippen LogP contribution in [0.4, 0.5) is 4.39 Å². The summed E-state index contributed by atoms with van der Waals surface area (Å²) < 4.78 is 19.3. The van der Waals surface area contributed by atoms with E-state index in [1.165, 1.54) is 6.07 Å². The summed E-state index contributed by atoms with van der Waals surface area (Å²) in [7, 11) is 0. The third kappa shape index (κ3) is 2.54. The fourth-order valence-electron chi connectivity index (χ4n) is 1.27. The lowest BCUT2D eigenvalue weighted by molar-refractivity contribution is 0.399. The monoisotopic (exact) mass is 298 g/mol. The van der Waals surface area contributed by atoms with Crippen molar-refractivity contribution in [2.75, 3.05) is 0 Å². The van der Waals surface area contributed by atoms with Crippen LogP contribution in [-0.4, -0.2) is 10.2 Å². The van der Waals surface area contributed by atoms with Gasteiger partial charge in [0, 0.05) is 11.0 Å². The van der Waals surface area contributed by atoms with Crippen molar-refractivity contribution in [1.82, 2.24) is 10.2 Å². The largest absolute Gasteiger partial charge is 0.420 e. The number of aromatic nitrogens is 2. The molecule has 0 spiro atoms. The van der Waals surface area contributed by atoms with Crippen molar-refractivity contribution in [2.45, 2.75) is 26.2 Å². The van der Waals surface area contributed by atoms with Crippen LogP contribution in [0.25, 0.3) is 11.5 Å². The van der Waals surface area contributed by atoms with Gasteiger partial charge in [-0.2, -0.15) is 0 Å². The average molecular weight is 299 g/mol. The molecule has 1 heterocycles. The molecule has 0 aliphatic rings. The van der Waals surface area contributed by atoms with Crippen LogP contribution in [0.3, 0.4) is 0 Å². The molecule has 1 aromatic carbocycles. The van der Waals surface area contributed by atoms with Crippen molar-refractivity contribution in [3.8, 4) is 11.5 Å². The van der Waals surface area contributed by atoms with Crippen LogP contribution in [0.2, 0.25) is 0 Å². The van der Waals surface area contributed by atoms with Gasteiger partial charge in [-0.1, -0.05) is 20.8 Å². The Bertz CT molecular complexity index is 546. The van der Waals surface area contributed by atoms with E-state index in [0.29, 0.717) is 21.8 Å². The Morgan fingerprint density at radius 2 is 1.94 bits per heavy atom. The summed E-state index contributed by atoms with van der Waals surface area (Å²) in [5, 5.41) is 7.89. The maximum absolute atomic E-state index is 13.4. The van der Waals surface area contributed by atoms with E-state index < -0.39 is 0 Å². The van der Waals surface area contributed by atoms with Gasteiger partial charge in [0.15, 0.2) is 0 Å². The number of hydrogen-bond donors (Lipinski definition) is 0. The van der Waals surface area contributed by atoms with Crippen molar-refractivity contribution < 1.29 is 8.81 Å². The molecule has 3 nitrogen and oxygen atoms in total. The molecule has 0 saturated heterocycles. The third-order valence-electron chi connectivity index (χ3n) is 2.23. The van der Waals surface area contributed by atoms with Crippen molar-refractivity contribution in [3.05, 3.63) is 34.4 Å². The minimum absolute atomic E-state index is 0.209. The highest BCUT2D eigenvalue weighted by molar-refractivity contribution is 9.10. The maximum Gasteiger partial charge on any atom is 0.247 e. The van der Waals surface area contributed by atoms with Gasteiger partial charge in [-0.3, -0.25) is 0 Å². The van der Waals surface area contributed by atoms with E-state index in [2.05, 4.69) is 26.1 Å². The molecule has 0 saturated carbocycles. The summed E-state index contributed by atoms with van der Waals surface area (Å²) in [6.45, 7) is 5.94. The highest BCUT2D eigenvalue weighted by Crippen LogP contribution is 2.27. The zero-order valence-corrected chi connectivity index (χ0v) is 11.4. The van der Waals surface area contributed by atoms with Crippen LogP contribution in [0.1, 0.15) is 26.7 Å². The van der Waals surface area contributed by atoms with Gasteiger partial charge in [0.25, 0.3) is 0 Å². The summed E-state index contributed by atoms with van der Waals surface area (Å²) in [6.07, 6.45) is 0. The zero-order valence-electron chi connectivity index (χ0n) is 9.79. The second-order valence-electron chi connectivity index (χ2n) is 4.79. The number of nitrogens with zero attached hydrogens (tertiary/aromatic N) is 2. The summed E-state index contributed by atoms with van der Waals surface area (Å²) in [5.74, 6) is 0.523. The molecule has 0 unspecified atom stereocenters. The topological polar surface area (TPSA) is 38.9 Å². The Kier molecular flexibility index (Phi) is 3.03. The van der Waals surface area contributed by atoms with Gasteiger partial charge in [-0.25, -0.2) is 4.39 Å². The van der Waals surface area contributed by atoms with Crippen molar-refractivity contribution in [2.24, 2.45) is 0 Å². The lowest BCUT2D eigenvalue weighted by atomic mass is 9.97. The Labute approximate surface area is 107 Å². The lowest BCUT2D eigenvalue weighted by Crippen LogP contribution is -2.11. The van der Waals surface area contributed by atoms with Gasteiger partial charge >= 0.3 is 0 Å². The molecule has 1 aromatic heterocycles. The molecule has 0 aliphatic heterocycles. The van der Waals surface area contributed by atoms with Gasteiger partial charge in [0.1, 0.15) is 5.82 Å². The fourth-order valence-corrected chi connectivity index (χ4v) is 1.52. The molecule has 5 heteroatoms. The van der Waals surface area contributed by atoms with E-state index in [-0.39, 0.29) is 11.2 Å². The molecule has 17 heavy (non-hydrogen) atoms. The van der Waals surface area contributed by atoms with Crippen LogP contribution in [0.5, 0.6) is 0 Å². The second kappa shape index (κ2) is 4.22. The van der Waals surface area contributed by atoms with Crippen LogP contribution >= 0.6 is 15.9 Å². The molecule has 90 valence electrons. The normalized spacial score (nSPS) is 11.8. The van der Waals surface area contributed by atoms with Gasteiger partial charge in [0.05, 0.1) is 4.47 Å². The minimum atomic E-state index is -0.349. The number of benzene rings is 1. The van der Waals surface area contributed by atoms with Gasteiger partial charge in [-0.15, -0.1) is 10.2 Å². The first-order valence-corrected chi connectivity index (χ1v) is 5.96. The first-order valence-electron chi connectivity index (χ1n) is 5.17. The maximum atomic E-state index is 13.4. The molecule has 0 aliphatic carbocycles. The van der Waals surface area contributed by atoms with Crippen molar-refractivity contribution >= 4 is 15.9 Å². The molecular formula is C12H12BrFN2O. The van der Waals surface area contributed by atoms with Crippen LogP contribution in [0.15, 0.2) is 27.1 Å². The molecular weight excluding hydrogens is 287 g/mol. The predicted molar refractivity (Wildman–Crippen MR) is 66.1 cm³/mol. The van der Waals surface area contributed by atoms with Gasteiger partial charge in [-0.05, 0) is 34.1 Å². The number of hydrogen-bond acceptors (Lipinski definition) is 3. The summed E-state index contributed by atoms with van der Waals surface area (Å²) in [5.41, 5.74) is 0.368. The Morgan fingerprint density at radius 3 is 2.47 bits per heavy atom. The van der Waals surface area contributed by atoms with Gasteiger partial charge < -0.3 is 4.42 Å². The van der Waals surface area contributed by atoms with E-state index in [0.717, 1.165) is 0 Å². The Hall–Kier alpha value is -1.23. The second-order valence-corrected chi connectivity index (χ2v) is 5.65. The van der Waals surface area contributed by atoms with Crippen LogP contribution in [-0.2, 0) is 5.41 Å².